The van der Waals surface area contributed by atoms with Gasteiger partial charge in [0.25, 0.3) is 0 Å². The van der Waals surface area contributed by atoms with Crippen molar-refractivity contribution in [3.8, 4) is 0 Å². The minimum Gasteiger partial charge on any atom is -0.466 e. The first-order chi connectivity index (χ1) is 14.8. The summed E-state index contributed by atoms with van der Waals surface area (Å²) in [5.41, 5.74) is 0.593. The van der Waals surface area contributed by atoms with Gasteiger partial charge in [0.05, 0.1) is 23.2 Å². The Morgan fingerprint density at radius 3 is 2.71 bits per heavy atom. The zero-order chi connectivity index (χ0) is 22.3. The molecule has 31 heavy (non-hydrogen) atoms. The van der Waals surface area contributed by atoms with Crippen LogP contribution in [-0.2, 0) is 19.1 Å². The van der Waals surface area contributed by atoms with Gasteiger partial charge in [-0.05, 0) is 49.9 Å². The molecule has 3 fully saturated rings. The number of benzene rings is 1. The molecule has 1 spiro atoms. The highest BCUT2D eigenvalue weighted by atomic mass is 35.5. The van der Waals surface area contributed by atoms with E-state index in [0.29, 0.717) is 17.1 Å². The lowest BCUT2D eigenvalue weighted by Crippen LogP contribution is -2.54. The standard InChI is InChI=1S/C22H27ClN2O5S/c1-3-30-21(29)16-15-11-12(2)22(31-15)17(16)20(28)25(9-4-10-26)18(22)19(27)24-14-7-5-13(23)6-8-14/h5-8,12,15-18,26H,3-4,9-11H2,1-2H3,(H,24,27)/t12?,15-,16+,17+,18?,22?/m1/s1. The molecule has 0 aromatic heterocycles. The molecule has 0 aliphatic carbocycles. The van der Waals surface area contributed by atoms with Gasteiger partial charge in [0.15, 0.2) is 0 Å². The van der Waals surface area contributed by atoms with Crippen molar-refractivity contribution in [1.29, 1.82) is 0 Å². The quantitative estimate of drug-likeness (QED) is 0.599. The topological polar surface area (TPSA) is 95.9 Å². The Balaban J connectivity index is 1.71. The summed E-state index contributed by atoms with van der Waals surface area (Å²) in [5, 5.41) is 12.8. The monoisotopic (exact) mass is 466 g/mol. The second kappa shape index (κ2) is 8.64. The van der Waals surface area contributed by atoms with Gasteiger partial charge in [-0.1, -0.05) is 18.5 Å². The molecular formula is C22H27ClN2O5S. The van der Waals surface area contributed by atoms with Crippen LogP contribution in [0.25, 0.3) is 0 Å². The molecule has 2 amide bonds. The number of hydrogen-bond acceptors (Lipinski definition) is 6. The van der Waals surface area contributed by atoms with E-state index in [4.69, 9.17) is 16.3 Å². The van der Waals surface area contributed by atoms with Crippen molar-refractivity contribution in [2.75, 3.05) is 25.1 Å². The number of aliphatic hydroxyl groups is 1. The Morgan fingerprint density at radius 2 is 2.06 bits per heavy atom. The van der Waals surface area contributed by atoms with Crippen LogP contribution in [0.15, 0.2) is 24.3 Å². The lowest BCUT2D eigenvalue weighted by molar-refractivity contribution is -0.154. The maximum Gasteiger partial charge on any atom is 0.310 e. The van der Waals surface area contributed by atoms with Crippen LogP contribution in [0, 0.1) is 17.8 Å². The van der Waals surface area contributed by atoms with E-state index in [9.17, 15) is 19.5 Å². The van der Waals surface area contributed by atoms with Crippen molar-refractivity contribution in [2.24, 2.45) is 17.8 Å². The molecule has 3 aliphatic heterocycles. The van der Waals surface area contributed by atoms with E-state index in [-0.39, 0.29) is 48.7 Å². The van der Waals surface area contributed by atoms with Crippen molar-refractivity contribution < 1.29 is 24.2 Å². The predicted molar refractivity (Wildman–Crippen MR) is 119 cm³/mol. The molecule has 3 saturated heterocycles. The van der Waals surface area contributed by atoms with Crippen LogP contribution in [0.5, 0.6) is 0 Å². The largest absolute Gasteiger partial charge is 0.466 e. The van der Waals surface area contributed by atoms with Crippen molar-refractivity contribution in [1.82, 2.24) is 4.90 Å². The smallest absolute Gasteiger partial charge is 0.310 e. The Labute approximate surface area is 190 Å². The van der Waals surface area contributed by atoms with E-state index < -0.39 is 22.6 Å². The summed E-state index contributed by atoms with van der Waals surface area (Å²) < 4.78 is 4.62. The molecule has 9 heteroatoms. The summed E-state index contributed by atoms with van der Waals surface area (Å²) in [7, 11) is 0. The highest BCUT2D eigenvalue weighted by molar-refractivity contribution is 8.02. The van der Waals surface area contributed by atoms with Gasteiger partial charge >= 0.3 is 5.97 Å². The van der Waals surface area contributed by atoms with Gasteiger partial charge in [-0.2, -0.15) is 0 Å². The van der Waals surface area contributed by atoms with Crippen molar-refractivity contribution in [3.05, 3.63) is 29.3 Å². The molecule has 3 aliphatic rings. The molecule has 2 N–H and O–H groups in total. The first-order valence-electron chi connectivity index (χ1n) is 10.7. The van der Waals surface area contributed by atoms with Gasteiger partial charge in [0.1, 0.15) is 6.04 Å². The maximum atomic E-state index is 13.6. The van der Waals surface area contributed by atoms with Gasteiger partial charge in [-0.3, -0.25) is 14.4 Å². The van der Waals surface area contributed by atoms with Crippen molar-refractivity contribution in [3.63, 3.8) is 0 Å². The number of amides is 2. The lowest BCUT2D eigenvalue weighted by Gasteiger charge is -2.38. The van der Waals surface area contributed by atoms with Crippen LogP contribution in [0.4, 0.5) is 5.69 Å². The number of aliphatic hydroxyl groups excluding tert-OH is 1. The number of rotatable bonds is 7. The molecule has 168 valence electrons. The number of likely N-dealkylation sites (tertiary alicyclic amines) is 1. The number of nitrogens with one attached hydrogen (secondary N) is 1. The maximum absolute atomic E-state index is 13.6. The van der Waals surface area contributed by atoms with E-state index in [1.807, 2.05) is 0 Å². The third kappa shape index (κ3) is 3.52. The van der Waals surface area contributed by atoms with E-state index in [1.54, 1.807) is 47.9 Å². The Bertz CT molecular complexity index is 881. The highest BCUT2D eigenvalue weighted by Crippen LogP contribution is 2.68. The van der Waals surface area contributed by atoms with Crippen LogP contribution in [0.2, 0.25) is 5.02 Å². The number of carbonyl (C=O) groups excluding carboxylic acids is 3. The Morgan fingerprint density at radius 1 is 1.35 bits per heavy atom. The average Bonchev–Trinajstić information content (AvgIpc) is 3.32. The second-order valence-electron chi connectivity index (χ2n) is 8.41. The van der Waals surface area contributed by atoms with Crippen LogP contribution < -0.4 is 5.32 Å². The molecule has 4 rings (SSSR count). The Kier molecular flexibility index (Phi) is 6.25. The molecule has 7 nitrogen and oxygen atoms in total. The fourth-order valence-electron chi connectivity index (χ4n) is 5.55. The first-order valence-corrected chi connectivity index (χ1v) is 11.9. The van der Waals surface area contributed by atoms with Crippen LogP contribution >= 0.6 is 23.4 Å². The van der Waals surface area contributed by atoms with Crippen LogP contribution in [0.3, 0.4) is 0 Å². The number of esters is 1. The van der Waals surface area contributed by atoms with Gasteiger partial charge < -0.3 is 20.1 Å². The number of halogens is 1. The van der Waals surface area contributed by atoms with Gasteiger partial charge in [-0.25, -0.2) is 0 Å². The third-order valence-electron chi connectivity index (χ3n) is 6.72. The van der Waals surface area contributed by atoms with E-state index in [0.717, 1.165) is 6.42 Å². The number of carbonyl (C=O) groups is 3. The van der Waals surface area contributed by atoms with Crippen LogP contribution in [0.1, 0.15) is 26.7 Å². The van der Waals surface area contributed by atoms with Gasteiger partial charge in [0.2, 0.25) is 11.8 Å². The number of hydrogen-bond donors (Lipinski definition) is 2. The molecule has 1 aromatic rings. The molecule has 3 unspecified atom stereocenters. The summed E-state index contributed by atoms with van der Waals surface area (Å²) in [6, 6.07) is 6.09. The molecule has 6 atom stereocenters. The second-order valence-corrected chi connectivity index (χ2v) is 10.4. The summed E-state index contributed by atoms with van der Waals surface area (Å²) in [5.74, 6) is -1.87. The normalized spacial score (nSPS) is 33.5. The minimum absolute atomic E-state index is 0.0335. The van der Waals surface area contributed by atoms with E-state index >= 15 is 0 Å². The van der Waals surface area contributed by atoms with Gasteiger partial charge in [0, 0.05) is 29.1 Å². The first kappa shape index (κ1) is 22.4. The number of thioether (sulfide) groups is 1. The minimum atomic E-state index is -0.725. The summed E-state index contributed by atoms with van der Waals surface area (Å²) in [6.07, 6.45) is 1.13. The summed E-state index contributed by atoms with van der Waals surface area (Å²) >= 11 is 7.55. The zero-order valence-electron chi connectivity index (χ0n) is 17.5. The average molecular weight is 467 g/mol. The predicted octanol–water partition coefficient (Wildman–Crippen LogP) is 2.56. The number of anilines is 1. The van der Waals surface area contributed by atoms with Crippen LogP contribution in [-0.4, -0.2) is 63.6 Å². The summed E-state index contributed by atoms with van der Waals surface area (Å²) in [4.78, 5) is 41.5. The number of fused-ring (bicyclic) bond motifs is 1. The molecule has 0 saturated carbocycles. The summed E-state index contributed by atoms with van der Waals surface area (Å²) in [6.45, 7) is 4.25. The number of ether oxygens (including phenoxy) is 1. The highest BCUT2D eigenvalue weighted by Gasteiger charge is 2.76. The molecule has 3 heterocycles. The molecular weight excluding hydrogens is 440 g/mol. The molecule has 0 radical (unpaired) electrons. The zero-order valence-corrected chi connectivity index (χ0v) is 19.1. The fraction of sp³-hybridized carbons (Fsp3) is 0.591. The third-order valence-corrected chi connectivity index (χ3v) is 9.05. The lowest BCUT2D eigenvalue weighted by atomic mass is 9.66. The van der Waals surface area contributed by atoms with E-state index in [2.05, 4.69) is 12.2 Å². The van der Waals surface area contributed by atoms with Crippen molar-refractivity contribution in [2.45, 2.75) is 42.7 Å². The molecule has 1 aromatic carbocycles. The van der Waals surface area contributed by atoms with Gasteiger partial charge in [-0.15, -0.1) is 11.8 Å². The van der Waals surface area contributed by atoms with Crippen molar-refractivity contribution >= 4 is 46.8 Å². The van der Waals surface area contributed by atoms with E-state index in [1.165, 1.54) is 0 Å². The number of nitrogens with zero attached hydrogens (tertiary/aromatic N) is 1. The SMILES string of the molecule is CCOC(=O)[C@@H]1[C@H]2C(=O)N(CCCO)C(C(=O)Nc3ccc(Cl)cc3)C23S[C@@H]1CC3C. The fourth-order valence-corrected chi connectivity index (χ4v) is 8.09. The molecule has 2 bridgehead atoms. The Hall–Kier alpha value is -1.77.